The van der Waals surface area contributed by atoms with Gasteiger partial charge in [0.15, 0.2) is 0 Å². The normalized spacial score (nSPS) is 23.3. The van der Waals surface area contributed by atoms with Gasteiger partial charge in [-0.15, -0.1) is 0 Å². The molecule has 0 bridgehead atoms. The maximum absolute atomic E-state index is 3.77. The van der Waals surface area contributed by atoms with E-state index in [4.69, 9.17) is 0 Å². The highest BCUT2D eigenvalue weighted by Crippen LogP contribution is 2.31. The molecular formula is C10H15NS. The molecular weight excluding hydrogens is 166 g/mol. The Balaban J connectivity index is 2.71. The van der Waals surface area contributed by atoms with Crippen molar-refractivity contribution in [3.63, 3.8) is 0 Å². The van der Waals surface area contributed by atoms with E-state index in [1.807, 2.05) is 17.8 Å². The Labute approximate surface area is 78.6 Å². The van der Waals surface area contributed by atoms with Gasteiger partial charge in [0.1, 0.15) is 0 Å². The van der Waals surface area contributed by atoms with E-state index in [2.05, 4.69) is 37.9 Å². The Morgan fingerprint density at radius 3 is 3.00 bits per heavy atom. The summed E-state index contributed by atoms with van der Waals surface area (Å²) in [5.41, 5.74) is 1.16. The Bertz CT molecular complexity index is 228. The molecule has 0 spiro atoms. The quantitative estimate of drug-likeness (QED) is 0.718. The summed E-state index contributed by atoms with van der Waals surface area (Å²) in [6.45, 7) is 8.06. The molecule has 2 heteroatoms. The standard InChI is InChI=1S/C10H15NS/c1-4-6-7-10-9(5-2)11-8(3)12-10/h5-8,11H,2,4H2,1,3H3/b7-6-. The predicted molar refractivity (Wildman–Crippen MR) is 56.8 cm³/mol. The molecule has 1 nitrogen and oxygen atoms in total. The molecule has 1 rings (SSSR count). The van der Waals surface area contributed by atoms with Gasteiger partial charge in [0, 0.05) is 10.6 Å². The molecule has 12 heavy (non-hydrogen) atoms. The Morgan fingerprint density at radius 2 is 2.42 bits per heavy atom. The monoisotopic (exact) mass is 181 g/mol. The van der Waals surface area contributed by atoms with Crippen molar-refractivity contribution in [2.24, 2.45) is 0 Å². The zero-order valence-corrected chi connectivity index (χ0v) is 8.45. The fourth-order valence-corrected chi connectivity index (χ4v) is 2.10. The summed E-state index contributed by atoms with van der Waals surface area (Å²) < 4.78 is 0. The van der Waals surface area contributed by atoms with Crippen molar-refractivity contribution in [3.05, 3.63) is 35.4 Å². The van der Waals surface area contributed by atoms with Crippen molar-refractivity contribution in [2.75, 3.05) is 0 Å². The summed E-state index contributed by atoms with van der Waals surface area (Å²) in [6, 6.07) is 0. The van der Waals surface area contributed by atoms with E-state index in [1.165, 1.54) is 4.91 Å². The molecule has 0 aromatic rings. The summed E-state index contributed by atoms with van der Waals surface area (Å²) in [7, 11) is 0. The van der Waals surface area contributed by atoms with Gasteiger partial charge in [-0.2, -0.15) is 0 Å². The van der Waals surface area contributed by atoms with Crippen LogP contribution < -0.4 is 5.32 Å². The van der Waals surface area contributed by atoms with Crippen LogP contribution in [0.15, 0.2) is 35.4 Å². The number of nitrogens with one attached hydrogen (secondary N) is 1. The summed E-state index contributed by atoms with van der Waals surface area (Å²) in [4.78, 5) is 1.30. The van der Waals surface area contributed by atoms with Gasteiger partial charge >= 0.3 is 0 Å². The van der Waals surface area contributed by atoms with Crippen LogP contribution in [-0.4, -0.2) is 5.37 Å². The van der Waals surface area contributed by atoms with Crippen LogP contribution in [0.5, 0.6) is 0 Å². The van der Waals surface area contributed by atoms with Gasteiger partial charge in [-0.05, 0) is 19.4 Å². The Morgan fingerprint density at radius 1 is 1.67 bits per heavy atom. The van der Waals surface area contributed by atoms with E-state index in [1.54, 1.807) is 0 Å². The van der Waals surface area contributed by atoms with E-state index in [0.29, 0.717) is 5.37 Å². The number of rotatable bonds is 3. The molecule has 0 aliphatic carbocycles. The molecule has 0 aromatic carbocycles. The van der Waals surface area contributed by atoms with E-state index >= 15 is 0 Å². The first-order valence-electron chi connectivity index (χ1n) is 4.24. The second-order valence-corrected chi connectivity index (χ2v) is 4.08. The summed E-state index contributed by atoms with van der Waals surface area (Å²) >= 11 is 1.85. The average molecular weight is 181 g/mol. The van der Waals surface area contributed by atoms with Gasteiger partial charge in [0.25, 0.3) is 0 Å². The third-order valence-corrected chi connectivity index (χ3v) is 2.72. The van der Waals surface area contributed by atoms with Crippen LogP contribution in [0.4, 0.5) is 0 Å². The number of thioether (sulfide) groups is 1. The molecule has 0 amide bonds. The minimum absolute atomic E-state index is 0.481. The van der Waals surface area contributed by atoms with Crippen LogP contribution in [-0.2, 0) is 0 Å². The summed E-state index contributed by atoms with van der Waals surface area (Å²) in [5.74, 6) is 0. The van der Waals surface area contributed by atoms with Crippen molar-refractivity contribution in [3.8, 4) is 0 Å². The minimum Gasteiger partial charge on any atom is -0.372 e. The maximum atomic E-state index is 3.77. The number of allylic oxidation sites excluding steroid dienone is 3. The molecule has 66 valence electrons. The van der Waals surface area contributed by atoms with E-state index in [-0.39, 0.29) is 0 Å². The molecule has 1 heterocycles. The second kappa shape index (κ2) is 4.41. The van der Waals surface area contributed by atoms with E-state index in [9.17, 15) is 0 Å². The summed E-state index contributed by atoms with van der Waals surface area (Å²) in [6.07, 6.45) is 7.30. The second-order valence-electron chi connectivity index (χ2n) is 2.70. The van der Waals surface area contributed by atoms with Crippen LogP contribution in [0.2, 0.25) is 0 Å². The van der Waals surface area contributed by atoms with Gasteiger partial charge in [-0.3, -0.25) is 0 Å². The Kier molecular flexibility index (Phi) is 3.48. The van der Waals surface area contributed by atoms with Gasteiger partial charge in [0.05, 0.1) is 5.37 Å². The molecule has 1 aliphatic rings. The number of hydrogen-bond donors (Lipinski definition) is 1. The SMILES string of the molecule is C=CC1=C(/C=C\CC)SC(C)N1. The lowest BCUT2D eigenvalue weighted by atomic mass is 10.3. The molecule has 0 fully saturated rings. The Hall–Kier alpha value is -0.630. The number of hydrogen-bond acceptors (Lipinski definition) is 2. The molecule has 1 N–H and O–H groups in total. The first kappa shape index (κ1) is 9.46. The largest absolute Gasteiger partial charge is 0.372 e. The van der Waals surface area contributed by atoms with E-state index < -0.39 is 0 Å². The minimum atomic E-state index is 0.481. The van der Waals surface area contributed by atoms with Crippen molar-refractivity contribution < 1.29 is 0 Å². The highest BCUT2D eigenvalue weighted by molar-refractivity contribution is 8.04. The smallest absolute Gasteiger partial charge is 0.0741 e. The van der Waals surface area contributed by atoms with Crippen LogP contribution in [0.25, 0.3) is 0 Å². The van der Waals surface area contributed by atoms with Crippen molar-refractivity contribution in [1.29, 1.82) is 0 Å². The zero-order chi connectivity index (χ0) is 8.97. The molecule has 1 unspecified atom stereocenters. The average Bonchev–Trinajstić information content (AvgIpc) is 2.42. The van der Waals surface area contributed by atoms with Crippen LogP contribution in [0.3, 0.4) is 0 Å². The predicted octanol–water partition coefficient (Wildman–Crippen LogP) is 3.03. The fourth-order valence-electron chi connectivity index (χ4n) is 1.09. The van der Waals surface area contributed by atoms with Crippen LogP contribution in [0, 0.1) is 0 Å². The lowest BCUT2D eigenvalue weighted by Crippen LogP contribution is -2.14. The van der Waals surface area contributed by atoms with Crippen molar-refractivity contribution >= 4 is 11.8 Å². The van der Waals surface area contributed by atoms with Gasteiger partial charge in [0.2, 0.25) is 0 Å². The first-order valence-corrected chi connectivity index (χ1v) is 5.12. The van der Waals surface area contributed by atoms with Crippen LogP contribution >= 0.6 is 11.8 Å². The van der Waals surface area contributed by atoms with Crippen LogP contribution in [0.1, 0.15) is 20.3 Å². The highest BCUT2D eigenvalue weighted by Gasteiger charge is 2.15. The third-order valence-electron chi connectivity index (χ3n) is 1.64. The van der Waals surface area contributed by atoms with Gasteiger partial charge < -0.3 is 5.32 Å². The molecule has 0 aromatic heterocycles. The van der Waals surface area contributed by atoms with Gasteiger partial charge in [-0.1, -0.05) is 37.4 Å². The lowest BCUT2D eigenvalue weighted by molar-refractivity contribution is 0.840. The van der Waals surface area contributed by atoms with Gasteiger partial charge in [-0.25, -0.2) is 0 Å². The maximum Gasteiger partial charge on any atom is 0.0741 e. The molecule has 0 saturated carbocycles. The molecule has 0 saturated heterocycles. The first-order chi connectivity index (χ1) is 5.77. The third kappa shape index (κ3) is 2.18. The zero-order valence-electron chi connectivity index (χ0n) is 7.63. The van der Waals surface area contributed by atoms with Crippen molar-refractivity contribution in [2.45, 2.75) is 25.6 Å². The summed E-state index contributed by atoms with van der Waals surface area (Å²) in [5, 5.41) is 3.82. The van der Waals surface area contributed by atoms with E-state index in [0.717, 1.165) is 12.1 Å². The topological polar surface area (TPSA) is 12.0 Å². The molecule has 1 atom stereocenters. The van der Waals surface area contributed by atoms with Crippen molar-refractivity contribution in [1.82, 2.24) is 5.32 Å². The molecule has 0 radical (unpaired) electrons. The lowest BCUT2D eigenvalue weighted by Gasteiger charge is -2.01. The highest BCUT2D eigenvalue weighted by atomic mass is 32.2. The molecule has 1 aliphatic heterocycles. The fraction of sp³-hybridized carbons (Fsp3) is 0.400.